The fraction of sp³-hybridized carbons (Fsp3) is 0.727. The Labute approximate surface area is 105 Å². The van der Waals surface area contributed by atoms with Crippen LogP contribution in [0.15, 0.2) is 0 Å². The molecule has 18 heavy (non-hydrogen) atoms. The first kappa shape index (κ1) is 14.3. The number of amides is 1. The molecule has 0 unspecified atom stereocenters. The molecule has 1 amide bonds. The minimum Gasteiger partial charge on any atom is -0.444 e. The van der Waals surface area contributed by atoms with Crippen molar-refractivity contribution in [1.29, 1.82) is 0 Å². The van der Waals surface area contributed by atoms with Gasteiger partial charge in [-0.3, -0.25) is 9.69 Å². The molecule has 1 aliphatic rings. The van der Waals surface area contributed by atoms with Crippen molar-refractivity contribution in [3.05, 3.63) is 5.53 Å². The number of ether oxygens (including phenoxy) is 2. The second-order valence-corrected chi connectivity index (χ2v) is 4.91. The van der Waals surface area contributed by atoms with Crippen LogP contribution in [-0.4, -0.2) is 59.2 Å². The van der Waals surface area contributed by atoms with Gasteiger partial charge in [-0.05, 0) is 20.8 Å². The van der Waals surface area contributed by atoms with E-state index in [1.54, 1.807) is 20.8 Å². The van der Waals surface area contributed by atoms with E-state index in [0.29, 0.717) is 6.61 Å². The molecule has 0 aromatic carbocycles. The van der Waals surface area contributed by atoms with Gasteiger partial charge in [0, 0.05) is 6.54 Å². The Hall–Kier alpha value is -1.72. The van der Waals surface area contributed by atoms with Gasteiger partial charge >= 0.3 is 12.3 Å². The summed E-state index contributed by atoms with van der Waals surface area (Å²) in [5, 5.41) is 0. The number of ketones is 1. The molecule has 1 aliphatic heterocycles. The Morgan fingerprint density at radius 1 is 1.50 bits per heavy atom. The first-order valence-electron chi connectivity index (χ1n) is 5.64. The van der Waals surface area contributed by atoms with Crippen LogP contribution in [0.2, 0.25) is 0 Å². The maximum absolute atomic E-state index is 11.9. The van der Waals surface area contributed by atoms with Crippen molar-refractivity contribution in [2.75, 3.05) is 19.8 Å². The highest BCUT2D eigenvalue weighted by Crippen LogP contribution is 2.14. The van der Waals surface area contributed by atoms with E-state index < -0.39 is 23.5 Å². The topological polar surface area (TPSA) is 92.2 Å². The van der Waals surface area contributed by atoms with Gasteiger partial charge in [0.2, 0.25) is 0 Å². The second kappa shape index (κ2) is 5.75. The normalized spacial score (nSPS) is 19.9. The number of nitrogens with zero attached hydrogens (tertiary/aromatic N) is 3. The number of carbonyl (C=O) groups excluding carboxylic acids is 2. The van der Waals surface area contributed by atoms with Crippen molar-refractivity contribution in [2.45, 2.75) is 32.4 Å². The third-order valence-corrected chi connectivity index (χ3v) is 2.27. The van der Waals surface area contributed by atoms with Gasteiger partial charge in [0.1, 0.15) is 11.6 Å². The van der Waals surface area contributed by atoms with Crippen LogP contribution in [0.1, 0.15) is 20.8 Å². The number of rotatable bonds is 2. The van der Waals surface area contributed by atoms with Crippen LogP contribution in [0.3, 0.4) is 0 Å². The molecule has 7 nitrogen and oxygen atoms in total. The Morgan fingerprint density at radius 3 is 2.72 bits per heavy atom. The lowest BCUT2D eigenvalue weighted by molar-refractivity contribution is -0.126. The zero-order valence-electron chi connectivity index (χ0n) is 10.8. The van der Waals surface area contributed by atoms with Crippen LogP contribution in [0.5, 0.6) is 0 Å². The van der Waals surface area contributed by atoms with E-state index in [-0.39, 0.29) is 13.2 Å². The van der Waals surface area contributed by atoms with Crippen LogP contribution < -0.4 is 0 Å². The highest BCUT2D eigenvalue weighted by Gasteiger charge is 2.36. The van der Waals surface area contributed by atoms with E-state index in [9.17, 15) is 9.59 Å². The average molecular weight is 255 g/mol. The molecule has 7 heteroatoms. The van der Waals surface area contributed by atoms with Crippen LogP contribution in [0.25, 0.3) is 5.53 Å². The van der Waals surface area contributed by atoms with Crippen molar-refractivity contribution in [3.63, 3.8) is 0 Å². The zero-order chi connectivity index (χ0) is 13.8. The Bertz CT molecular complexity index is 382. The fourth-order valence-corrected chi connectivity index (χ4v) is 1.52. The van der Waals surface area contributed by atoms with Crippen molar-refractivity contribution in [3.8, 4) is 0 Å². The van der Waals surface area contributed by atoms with E-state index in [4.69, 9.17) is 15.0 Å². The molecular formula is C11H17N3O4. The number of hydrogen-bond donors (Lipinski definition) is 0. The molecule has 0 saturated carbocycles. The second-order valence-electron chi connectivity index (χ2n) is 4.91. The van der Waals surface area contributed by atoms with Crippen LogP contribution in [0.4, 0.5) is 4.79 Å². The highest BCUT2D eigenvalue weighted by atomic mass is 16.6. The van der Waals surface area contributed by atoms with E-state index >= 15 is 0 Å². The molecule has 1 fully saturated rings. The minimum absolute atomic E-state index is 0.0735. The van der Waals surface area contributed by atoms with Gasteiger partial charge in [-0.25, -0.2) is 4.79 Å². The molecule has 0 spiro atoms. The summed E-state index contributed by atoms with van der Waals surface area (Å²) in [7, 11) is 0. The van der Waals surface area contributed by atoms with Gasteiger partial charge in [0.25, 0.3) is 5.78 Å². The molecule has 0 bridgehead atoms. The van der Waals surface area contributed by atoms with Crippen molar-refractivity contribution >= 4 is 18.1 Å². The van der Waals surface area contributed by atoms with Crippen molar-refractivity contribution < 1.29 is 23.9 Å². The largest absolute Gasteiger partial charge is 0.444 e. The molecular weight excluding hydrogens is 238 g/mol. The molecule has 1 saturated heterocycles. The quantitative estimate of drug-likeness (QED) is 0.408. The number of morpholine rings is 1. The Kier molecular flexibility index (Phi) is 4.58. The third-order valence-electron chi connectivity index (χ3n) is 2.27. The molecule has 0 aromatic rings. The molecule has 1 rings (SSSR count). The maximum atomic E-state index is 11.9. The van der Waals surface area contributed by atoms with Gasteiger partial charge in [0.05, 0.1) is 13.2 Å². The summed E-state index contributed by atoms with van der Waals surface area (Å²) >= 11 is 0. The SMILES string of the molecule is CC(C)(C)OC(=O)N1CCOC[C@H]1C(=O)C=[N+]=[N-]. The molecule has 100 valence electrons. The highest BCUT2D eigenvalue weighted by molar-refractivity contribution is 6.28. The number of hydrogen-bond acceptors (Lipinski definition) is 4. The lowest BCUT2D eigenvalue weighted by Crippen LogP contribution is -2.54. The fourth-order valence-electron chi connectivity index (χ4n) is 1.52. The van der Waals surface area contributed by atoms with Gasteiger partial charge in [-0.1, -0.05) is 0 Å². The van der Waals surface area contributed by atoms with E-state index in [1.165, 1.54) is 4.90 Å². The van der Waals surface area contributed by atoms with E-state index in [1.807, 2.05) is 0 Å². The first-order valence-corrected chi connectivity index (χ1v) is 5.64. The summed E-state index contributed by atoms with van der Waals surface area (Å²) in [5.41, 5.74) is 7.72. The van der Waals surface area contributed by atoms with Crippen molar-refractivity contribution in [2.24, 2.45) is 0 Å². The lowest BCUT2D eigenvalue weighted by Gasteiger charge is -2.34. The Balaban J connectivity index is 2.79. The average Bonchev–Trinajstić information content (AvgIpc) is 2.27. The van der Waals surface area contributed by atoms with E-state index in [2.05, 4.69) is 4.79 Å². The zero-order valence-corrected chi connectivity index (χ0v) is 10.8. The van der Waals surface area contributed by atoms with Crippen molar-refractivity contribution in [1.82, 2.24) is 4.90 Å². The van der Waals surface area contributed by atoms with E-state index in [0.717, 1.165) is 6.21 Å². The molecule has 1 heterocycles. The number of Topliss-reactive ketones (excluding diaryl/α,β-unsaturated/α-hetero) is 1. The summed E-state index contributed by atoms with van der Waals surface area (Å²) < 4.78 is 10.4. The Morgan fingerprint density at radius 2 is 2.17 bits per heavy atom. The summed E-state index contributed by atoms with van der Waals surface area (Å²) in [6.07, 6.45) is 0.187. The standard InChI is InChI=1S/C11H17N3O4/c1-11(2,3)18-10(16)14-4-5-17-7-8(14)9(15)6-13-12/h6,8H,4-5,7H2,1-3H3/t8-/m0/s1. The monoisotopic (exact) mass is 255 g/mol. The molecule has 0 aromatic heterocycles. The van der Waals surface area contributed by atoms with Crippen LogP contribution in [-0.2, 0) is 14.3 Å². The molecule has 0 aliphatic carbocycles. The third kappa shape index (κ3) is 3.94. The summed E-state index contributed by atoms with van der Waals surface area (Å²) in [4.78, 5) is 27.5. The summed E-state index contributed by atoms with van der Waals surface area (Å²) in [5.74, 6) is -0.497. The smallest absolute Gasteiger partial charge is 0.411 e. The van der Waals surface area contributed by atoms with Gasteiger partial charge < -0.3 is 15.0 Å². The van der Waals surface area contributed by atoms with Gasteiger partial charge in [-0.15, -0.1) is 0 Å². The molecule has 1 atom stereocenters. The predicted molar refractivity (Wildman–Crippen MR) is 62.2 cm³/mol. The summed E-state index contributed by atoms with van der Waals surface area (Å²) in [6, 6.07) is -0.801. The van der Waals surface area contributed by atoms with Gasteiger partial charge in [-0.2, -0.15) is 4.79 Å². The minimum atomic E-state index is -0.801. The molecule has 0 N–H and O–H groups in total. The molecule has 0 radical (unpaired) electrons. The van der Waals surface area contributed by atoms with Gasteiger partial charge in [0.15, 0.2) is 0 Å². The number of carbonyl (C=O) groups is 2. The summed E-state index contributed by atoms with van der Waals surface area (Å²) in [6.45, 7) is 5.93. The maximum Gasteiger partial charge on any atom is 0.411 e. The van der Waals surface area contributed by atoms with Crippen LogP contribution in [0, 0.1) is 0 Å². The predicted octanol–water partition coefficient (Wildman–Crippen LogP) is 0.492. The lowest BCUT2D eigenvalue weighted by atomic mass is 10.1. The first-order chi connectivity index (χ1) is 8.35. The van der Waals surface area contributed by atoms with Crippen LogP contribution >= 0.6 is 0 Å².